The summed E-state index contributed by atoms with van der Waals surface area (Å²) in [6.45, 7) is 7.90. The molecule has 156 valence electrons. The molecule has 3 rings (SSSR count). The predicted molar refractivity (Wildman–Crippen MR) is 123 cm³/mol. The number of hydrogen-bond acceptors (Lipinski definition) is 4. The minimum atomic E-state index is -0.288. The van der Waals surface area contributed by atoms with Gasteiger partial charge in [-0.15, -0.1) is 0 Å². The van der Waals surface area contributed by atoms with Crippen LogP contribution in [0, 0.1) is 13.8 Å². The number of H-pyrrole nitrogens is 1. The first-order valence-electron chi connectivity index (χ1n) is 9.80. The molecule has 0 aliphatic carbocycles. The molecule has 2 aromatic carbocycles. The summed E-state index contributed by atoms with van der Waals surface area (Å²) in [5, 5.41) is 13.2. The summed E-state index contributed by atoms with van der Waals surface area (Å²) < 4.78 is 5.63. The number of rotatable bonds is 6. The van der Waals surface area contributed by atoms with E-state index in [1.807, 2.05) is 58.0 Å². The highest BCUT2D eigenvalue weighted by Crippen LogP contribution is 2.18. The lowest BCUT2D eigenvalue weighted by Crippen LogP contribution is -2.34. The van der Waals surface area contributed by atoms with Gasteiger partial charge in [0.1, 0.15) is 5.75 Å². The van der Waals surface area contributed by atoms with Gasteiger partial charge in [0, 0.05) is 28.9 Å². The van der Waals surface area contributed by atoms with Crippen LogP contribution in [0.15, 0.2) is 48.5 Å². The van der Waals surface area contributed by atoms with Crippen molar-refractivity contribution in [1.82, 2.24) is 15.5 Å². The maximum atomic E-state index is 12.5. The number of nitrogens with zero attached hydrogens (tertiary/aromatic N) is 1. The Bertz CT molecular complexity index is 1020. The third-order valence-electron chi connectivity index (χ3n) is 4.57. The van der Waals surface area contributed by atoms with E-state index in [1.54, 1.807) is 18.2 Å². The molecule has 0 bridgehead atoms. The number of aryl methyl sites for hydroxylation is 2. The highest BCUT2D eigenvalue weighted by atomic mass is 32.1. The molecule has 3 aromatic rings. The average molecular weight is 423 g/mol. The lowest BCUT2D eigenvalue weighted by molar-refractivity contribution is 0.0977. The number of carbonyl (C=O) groups excluding carboxylic acids is 1. The smallest absolute Gasteiger partial charge is 0.257 e. The standard InChI is InChI=1S/C23H26N4O2S/c1-14(2)29-20-7-5-6-18(13-20)22(28)25-23(30)24-19-10-8-17(9-11-19)12-21-15(3)26-27-16(21)4/h5-11,13-14H,12H2,1-4H3,(H,26,27)(H2,24,25,28,30). The Morgan fingerprint density at radius 1 is 1.17 bits per heavy atom. The van der Waals surface area contributed by atoms with Crippen molar-refractivity contribution < 1.29 is 9.53 Å². The predicted octanol–water partition coefficient (Wildman–Crippen LogP) is 4.53. The minimum Gasteiger partial charge on any atom is -0.491 e. The van der Waals surface area contributed by atoms with Crippen LogP contribution in [0.25, 0.3) is 0 Å². The summed E-state index contributed by atoms with van der Waals surface area (Å²) in [4.78, 5) is 12.5. The molecule has 30 heavy (non-hydrogen) atoms. The molecule has 1 aromatic heterocycles. The topological polar surface area (TPSA) is 79.0 Å². The van der Waals surface area contributed by atoms with Crippen LogP contribution in [0.1, 0.15) is 46.7 Å². The highest BCUT2D eigenvalue weighted by Gasteiger charge is 2.11. The van der Waals surface area contributed by atoms with E-state index in [0.29, 0.717) is 11.3 Å². The van der Waals surface area contributed by atoms with Crippen LogP contribution in [-0.4, -0.2) is 27.3 Å². The summed E-state index contributed by atoms with van der Waals surface area (Å²) in [5.41, 5.74) is 5.77. The molecule has 0 saturated heterocycles. The van der Waals surface area contributed by atoms with Crippen molar-refractivity contribution in [1.29, 1.82) is 0 Å². The number of thiocarbonyl (C=S) groups is 1. The van der Waals surface area contributed by atoms with Crippen molar-refractivity contribution in [3.05, 3.63) is 76.6 Å². The molecule has 3 N–H and O–H groups in total. The van der Waals surface area contributed by atoms with Crippen molar-refractivity contribution in [3.8, 4) is 5.75 Å². The van der Waals surface area contributed by atoms with E-state index in [2.05, 4.69) is 20.8 Å². The van der Waals surface area contributed by atoms with E-state index < -0.39 is 0 Å². The zero-order valence-electron chi connectivity index (χ0n) is 17.6. The Balaban J connectivity index is 1.57. The van der Waals surface area contributed by atoms with E-state index in [1.165, 1.54) is 11.1 Å². The number of amides is 1. The van der Waals surface area contributed by atoms with Crippen LogP contribution in [0.4, 0.5) is 5.69 Å². The zero-order chi connectivity index (χ0) is 21.7. The fourth-order valence-electron chi connectivity index (χ4n) is 3.07. The first-order chi connectivity index (χ1) is 14.3. The van der Waals surface area contributed by atoms with Gasteiger partial charge in [0.25, 0.3) is 5.91 Å². The molecule has 0 fully saturated rings. The monoisotopic (exact) mass is 422 g/mol. The molecule has 1 heterocycles. The number of carbonyl (C=O) groups is 1. The summed E-state index contributed by atoms with van der Waals surface area (Å²) in [6.07, 6.45) is 0.847. The molecule has 7 heteroatoms. The van der Waals surface area contributed by atoms with Gasteiger partial charge in [0.05, 0.1) is 11.8 Å². The van der Waals surface area contributed by atoms with Gasteiger partial charge in [0.2, 0.25) is 0 Å². The van der Waals surface area contributed by atoms with Crippen molar-refractivity contribution >= 4 is 28.9 Å². The fraction of sp³-hybridized carbons (Fsp3) is 0.261. The first-order valence-corrected chi connectivity index (χ1v) is 10.2. The quantitative estimate of drug-likeness (QED) is 0.509. The van der Waals surface area contributed by atoms with Gasteiger partial charge in [-0.25, -0.2) is 0 Å². The SMILES string of the molecule is Cc1n[nH]c(C)c1Cc1ccc(NC(=S)NC(=O)c2cccc(OC(C)C)c2)cc1. The Hall–Kier alpha value is -3.19. The molecular formula is C23H26N4O2S. The number of nitrogens with one attached hydrogen (secondary N) is 3. The third-order valence-corrected chi connectivity index (χ3v) is 4.77. The maximum absolute atomic E-state index is 12.5. The van der Waals surface area contributed by atoms with Gasteiger partial charge in [-0.1, -0.05) is 18.2 Å². The molecule has 6 nitrogen and oxygen atoms in total. The average Bonchev–Trinajstić information content (AvgIpc) is 3.01. The van der Waals surface area contributed by atoms with E-state index >= 15 is 0 Å². The van der Waals surface area contributed by atoms with E-state index in [9.17, 15) is 4.79 Å². The lowest BCUT2D eigenvalue weighted by Gasteiger charge is -2.12. The fourth-order valence-corrected chi connectivity index (χ4v) is 3.28. The molecule has 0 saturated carbocycles. The minimum absolute atomic E-state index is 0.0374. The number of ether oxygens (including phenoxy) is 1. The Labute approximate surface area is 182 Å². The highest BCUT2D eigenvalue weighted by molar-refractivity contribution is 7.80. The van der Waals surface area contributed by atoms with E-state index in [4.69, 9.17) is 17.0 Å². The maximum Gasteiger partial charge on any atom is 0.257 e. The van der Waals surface area contributed by atoms with Crippen molar-refractivity contribution in [2.75, 3.05) is 5.32 Å². The van der Waals surface area contributed by atoms with Gasteiger partial charge < -0.3 is 10.1 Å². The molecule has 0 atom stereocenters. The van der Waals surface area contributed by atoms with Gasteiger partial charge in [-0.05, 0) is 75.8 Å². The molecule has 0 radical (unpaired) electrons. The van der Waals surface area contributed by atoms with E-state index in [-0.39, 0.29) is 17.1 Å². The second kappa shape index (κ2) is 9.54. The largest absolute Gasteiger partial charge is 0.491 e. The van der Waals surface area contributed by atoms with E-state index in [0.717, 1.165) is 23.5 Å². The normalized spacial score (nSPS) is 10.7. The van der Waals surface area contributed by atoms with Gasteiger partial charge in [-0.3, -0.25) is 15.2 Å². The third kappa shape index (κ3) is 5.67. The number of hydrogen-bond donors (Lipinski definition) is 3. The van der Waals surface area contributed by atoms with Crippen LogP contribution in [0.5, 0.6) is 5.75 Å². The summed E-state index contributed by atoms with van der Waals surface area (Å²) in [6, 6.07) is 15.0. The lowest BCUT2D eigenvalue weighted by atomic mass is 10.0. The Kier molecular flexibility index (Phi) is 6.84. The van der Waals surface area contributed by atoms with Crippen LogP contribution in [0.3, 0.4) is 0 Å². The first kappa shape index (κ1) is 21.5. The second-order valence-corrected chi connectivity index (χ2v) is 7.80. The number of anilines is 1. The zero-order valence-corrected chi connectivity index (χ0v) is 18.4. The van der Waals surface area contributed by atoms with Crippen molar-refractivity contribution in [3.63, 3.8) is 0 Å². The molecule has 0 aliphatic rings. The molecule has 1 amide bonds. The summed E-state index contributed by atoms with van der Waals surface area (Å²) >= 11 is 5.29. The van der Waals surface area contributed by atoms with Gasteiger partial charge in [-0.2, -0.15) is 5.10 Å². The number of aromatic nitrogens is 2. The molecule has 0 unspecified atom stereocenters. The van der Waals surface area contributed by atoms with Crippen molar-refractivity contribution in [2.45, 2.75) is 40.2 Å². The molecular weight excluding hydrogens is 396 g/mol. The number of aromatic amines is 1. The van der Waals surface area contributed by atoms with Crippen LogP contribution >= 0.6 is 12.2 Å². The summed E-state index contributed by atoms with van der Waals surface area (Å²) in [7, 11) is 0. The molecule has 0 spiro atoms. The van der Waals surface area contributed by atoms with Crippen LogP contribution in [0.2, 0.25) is 0 Å². The Morgan fingerprint density at radius 3 is 2.53 bits per heavy atom. The second-order valence-electron chi connectivity index (χ2n) is 7.39. The summed E-state index contributed by atoms with van der Waals surface area (Å²) in [5.74, 6) is 0.361. The van der Waals surface area contributed by atoms with Gasteiger partial charge >= 0.3 is 0 Å². The van der Waals surface area contributed by atoms with Gasteiger partial charge in [0.15, 0.2) is 5.11 Å². The Morgan fingerprint density at radius 2 is 1.90 bits per heavy atom. The molecule has 0 aliphatic heterocycles. The number of benzene rings is 2. The van der Waals surface area contributed by atoms with Crippen LogP contribution < -0.4 is 15.4 Å². The van der Waals surface area contributed by atoms with Crippen LogP contribution in [-0.2, 0) is 6.42 Å². The van der Waals surface area contributed by atoms with Crippen molar-refractivity contribution in [2.24, 2.45) is 0 Å².